The number of phenolic OH excluding ortho intramolecular Hbond substituents is 1. The number of ether oxygens (including phenoxy) is 1. The Bertz CT molecular complexity index is 782. The Kier molecular flexibility index (Phi) is 7.60. The zero-order chi connectivity index (χ0) is 21.8. The third-order valence-electron chi connectivity index (χ3n) is 6.12. The lowest BCUT2D eigenvalue weighted by Crippen LogP contribution is -2.58. The number of piperazine rings is 1. The second-order valence-corrected chi connectivity index (χ2v) is 8.88. The van der Waals surface area contributed by atoms with Crippen molar-refractivity contribution in [3.63, 3.8) is 0 Å². The SMILES string of the molecule is COc1cc(Br)cc(C(=O)N[C@@H]2CCCC[C@@H](N3CCN(C(C)=O)CC3)[C@@H]2O)c1O. The average molecular weight is 484 g/mol. The lowest BCUT2D eigenvalue weighted by Gasteiger charge is -2.41. The Labute approximate surface area is 185 Å². The largest absolute Gasteiger partial charge is 0.504 e. The molecule has 3 atom stereocenters. The topological polar surface area (TPSA) is 102 Å². The number of carbonyl (C=O) groups excluding carboxylic acids is 2. The molecule has 0 unspecified atom stereocenters. The lowest BCUT2D eigenvalue weighted by atomic mass is 9.98. The third-order valence-corrected chi connectivity index (χ3v) is 6.58. The first-order valence-corrected chi connectivity index (χ1v) is 11.2. The van der Waals surface area contributed by atoms with E-state index in [9.17, 15) is 19.8 Å². The van der Waals surface area contributed by atoms with Gasteiger partial charge in [0.1, 0.15) is 0 Å². The van der Waals surface area contributed by atoms with Crippen LogP contribution in [0.1, 0.15) is 43.0 Å². The van der Waals surface area contributed by atoms with Crippen molar-refractivity contribution >= 4 is 27.7 Å². The van der Waals surface area contributed by atoms with Crippen LogP contribution in [0.5, 0.6) is 11.5 Å². The Hall–Kier alpha value is -1.84. The number of amides is 2. The van der Waals surface area contributed by atoms with E-state index in [1.807, 2.05) is 4.90 Å². The van der Waals surface area contributed by atoms with E-state index in [0.717, 1.165) is 19.3 Å². The molecule has 2 aliphatic rings. The maximum Gasteiger partial charge on any atom is 0.255 e. The Balaban J connectivity index is 1.71. The van der Waals surface area contributed by atoms with Gasteiger partial charge in [0, 0.05) is 43.6 Å². The molecular weight excluding hydrogens is 454 g/mol. The van der Waals surface area contributed by atoms with Crippen LogP contribution in [-0.4, -0.2) is 83.3 Å². The second-order valence-electron chi connectivity index (χ2n) is 7.97. The first-order valence-electron chi connectivity index (χ1n) is 10.4. The number of aliphatic hydroxyl groups is 1. The zero-order valence-electron chi connectivity index (χ0n) is 17.4. The third kappa shape index (κ3) is 5.07. The molecule has 1 saturated carbocycles. The van der Waals surface area contributed by atoms with Gasteiger partial charge >= 0.3 is 0 Å². The summed E-state index contributed by atoms with van der Waals surface area (Å²) in [6.07, 6.45) is 2.67. The van der Waals surface area contributed by atoms with Crippen LogP contribution in [0.2, 0.25) is 0 Å². The van der Waals surface area contributed by atoms with E-state index < -0.39 is 18.1 Å². The van der Waals surface area contributed by atoms with E-state index in [4.69, 9.17) is 4.74 Å². The normalized spacial score (nSPS) is 25.5. The predicted octanol–water partition coefficient (Wildman–Crippen LogP) is 1.73. The average Bonchev–Trinajstić information content (AvgIpc) is 2.91. The number of hydrogen-bond acceptors (Lipinski definition) is 6. The highest BCUT2D eigenvalue weighted by atomic mass is 79.9. The molecule has 1 aliphatic carbocycles. The van der Waals surface area contributed by atoms with E-state index in [1.54, 1.807) is 13.0 Å². The first kappa shape index (κ1) is 22.8. The number of nitrogens with zero attached hydrogens (tertiary/aromatic N) is 2. The summed E-state index contributed by atoms with van der Waals surface area (Å²) in [4.78, 5) is 28.5. The molecule has 1 heterocycles. The fourth-order valence-corrected chi connectivity index (χ4v) is 4.84. The van der Waals surface area contributed by atoms with Crippen molar-refractivity contribution < 1.29 is 24.5 Å². The number of carbonyl (C=O) groups is 2. The molecule has 0 aromatic heterocycles. The molecule has 1 aromatic carbocycles. The highest BCUT2D eigenvalue weighted by Crippen LogP contribution is 2.34. The number of methoxy groups -OCH3 is 1. The van der Waals surface area contributed by atoms with Crippen LogP contribution in [-0.2, 0) is 4.79 Å². The number of rotatable bonds is 4. The van der Waals surface area contributed by atoms with Gasteiger partial charge < -0.3 is 25.2 Å². The van der Waals surface area contributed by atoms with Crippen molar-refractivity contribution in [3.05, 3.63) is 22.2 Å². The van der Waals surface area contributed by atoms with Crippen LogP contribution < -0.4 is 10.1 Å². The number of aliphatic hydroxyl groups excluding tert-OH is 1. The van der Waals surface area contributed by atoms with Crippen molar-refractivity contribution in [3.8, 4) is 11.5 Å². The number of benzene rings is 1. The van der Waals surface area contributed by atoms with Gasteiger partial charge in [-0.1, -0.05) is 28.8 Å². The molecule has 8 nitrogen and oxygen atoms in total. The molecular formula is C21H30BrN3O5. The molecule has 166 valence electrons. The molecule has 0 radical (unpaired) electrons. The van der Waals surface area contributed by atoms with Crippen molar-refractivity contribution in [2.75, 3.05) is 33.3 Å². The molecule has 3 N–H and O–H groups in total. The second kappa shape index (κ2) is 9.98. The molecule has 30 heavy (non-hydrogen) atoms. The van der Waals surface area contributed by atoms with Gasteiger partial charge in [-0.15, -0.1) is 0 Å². The van der Waals surface area contributed by atoms with Crippen LogP contribution >= 0.6 is 15.9 Å². The highest BCUT2D eigenvalue weighted by molar-refractivity contribution is 9.10. The molecule has 0 spiro atoms. The molecule has 1 aromatic rings. The number of hydrogen-bond donors (Lipinski definition) is 3. The van der Waals surface area contributed by atoms with E-state index in [2.05, 4.69) is 26.1 Å². The van der Waals surface area contributed by atoms with Gasteiger partial charge in [0.2, 0.25) is 5.91 Å². The predicted molar refractivity (Wildman–Crippen MR) is 116 cm³/mol. The van der Waals surface area contributed by atoms with Crippen LogP contribution in [0.15, 0.2) is 16.6 Å². The van der Waals surface area contributed by atoms with Crippen LogP contribution in [0.4, 0.5) is 0 Å². The molecule has 1 saturated heterocycles. The van der Waals surface area contributed by atoms with Gasteiger partial charge in [-0.2, -0.15) is 0 Å². The maximum atomic E-state index is 12.9. The summed E-state index contributed by atoms with van der Waals surface area (Å²) in [5.74, 6) is -0.390. The Morgan fingerprint density at radius 3 is 2.47 bits per heavy atom. The summed E-state index contributed by atoms with van der Waals surface area (Å²) in [5, 5.41) is 24.4. The van der Waals surface area contributed by atoms with Gasteiger partial charge in [0.15, 0.2) is 11.5 Å². The van der Waals surface area contributed by atoms with Crippen molar-refractivity contribution in [2.24, 2.45) is 0 Å². The standard InChI is InChI=1S/C21H30BrN3O5/c1-13(26)24-7-9-25(10-8-24)17-6-4-3-5-16(20(17)28)23-21(29)15-11-14(22)12-18(30-2)19(15)27/h11-12,16-17,20,27-28H,3-10H2,1-2H3,(H,23,29)/t16-,17-,20-/m1/s1. The van der Waals surface area contributed by atoms with Crippen molar-refractivity contribution in [1.29, 1.82) is 0 Å². The fraction of sp³-hybridized carbons (Fsp3) is 0.619. The summed E-state index contributed by atoms with van der Waals surface area (Å²) < 4.78 is 5.74. The zero-order valence-corrected chi connectivity index (χ0v) is 19.0. The summed E-state index contributed by atoms with van der Waals surface area (Å²) in [6, 6.07) is 2.63. The van der Waals surface area contributed by atoms with Gasteiger partial charge in [-0.3, -0.25) is 14.5 Å². The van der Waals surface area contributed by atoms with Gasteiger partial charge in [-0.25, -0.2) is 0 Å². The number of halogens is 1. The first-order chi connectivity index (χ1) is 14.3. The van der Waals surface area contributed by atoms with Crippen molar-refractivity contribution in [2.45, 2.75) is 50.8 Å². The molecule has 9 heteroatoms. The maximum absolute atomic E-state index is 12.9. The minimum atomic E-state index is -0.725. The summed E-state index contributed by atoms with van der Waals surface area (Å²) in [5.41, 5.74) is 0.101. The summed E-state index contributed by atoms with van der Waals surface area (Å²) in [7, 11) is 1.43. The number of phenols is 1. The Morgan fingerprint density at radius 1 is 1.17 bits per heavy atom. The van der Waals surface area contributed by atoms with E-state index in [1.165, 1.54) is 13.2 Å². The van der Waals surface area contributed by atoms with E-state index in [-0.39, 0.29) is 29.0 Å². The number of nitrogens with one attached hydrogen (secondary N) is 1. The monoisotopic (exact) mass is 483 g/mol. The minimum absolute atomic E-state index is 0.0717. The number of aromatic hydroxyl groups is 1. The quantitative estimate of drug-likeness (QED) is 0.563. The summed E-state index contributed by atoms with van der Waals surface area (Å²) >= 11 is 3.33. The van der Waals surface area contributed by atoms with Crippen LogP contribution in [0, 0.1) is 0 Å². The van der Waals surface area contributed by atoms with E-state index >= 15 is 0 Å². The Morgan fingerprint density at radius 2 is 1.83 bits per heavy atom. The molecule has 2 amide bonds. The van der Waals surface area contributed by atoms with Crippen molar-refractivity contribution in [1.82, 2.24) is 15.1 Å². The molecule has 2 fully saturated rings. The van der Waals surface area contributed by atoms with Crippen LogP contribution in [0.3, 0.4) is 0 Å². The van der Waals surface area contributed by atoms with Gasteiger partial charge in [0.05, 0.1) is 24.8 Å². The summed E-state index contributed by atoms with van der Waals surface area (Å²) in [6.45, 7) is 4.31. The molecule has 1 aliphatic heterocycles. The molecule has 3 rings (SSSR count). The molecule has 0 bridgehead atoms. The smallest absolute Gasteiger partial charge is 0.255 e. The minimum Gasteiger partial charge on any atom is -0.504 e. The van der Waals surface area contributed by atoms with Gasteiger partial charge in [-0.05, 0) is 25.0 Å². The highest BCUT2D eigenvalue weighted by Gasteiger charge is 2.36. The lowest BCUT2D eigenvalue weighted by molar-refractivity contribution is -0.131. The van der Waals surface area contributed by atoms with Crippen LogP contribution in [0.25, 0.3) is 0 Å². The van der Waals surface area contributed by atoms with Gasteiger partial charge in [0.25, 0.3) is 5.91 Å². The van der Waals surface area contributed by atoms with E-state index in [0.29, 0.717) is 37.1 Å². The fourth-order valence-electron chi connectivity index (χ4n) is 4.40.